The standard InChI is InChI=1S/C23H49BrN.ClH/c1-4-6-8-10-12-14-16-18-21-25(3,23-20-24)22-19-17-15-13-11-9-7-5-2;/h4-23H2,1-3H3;1H/q+1;/p-1. The van der Waals surface area contributed by atoms with Gasteiger partial charge in [0.05, 0.1) is 32.0 Å². The molecule has 0 radical (unpaired) electrons. The van der Waals surface area contributed by atoms with Crippen LogP contribution in [0.25, 0.3) is 0 Å². The van der Waals surface area contributed by atoms with Crippen LogP contribution < -0.4 is 12.4 Å². The van der Waals surface area contributed by atoms with Gasteiger partial charge in [0.15, 0.2) is 0 Å². The minimum absolute atomic E-state index is 0. The molecule has 0 aromatic heterocycles. The first-order valence-corrected chi connectivity index (χ1v) is 12.7. The van der Waals surface area contributed by atoms with Crippen LogP contribution in [-0.2, 0) is 0 Å². The molecular formula is C23H49BrClN. The fourth-order valence-corrected chi connectivity index (χ4v) is 4.65. The second-order valence-corrected chi connectivity index (χ2v) is 9.22. The van der Waals surface area contributed by atoms with E-state index in [0.717, 1.165) is 5.33 Å². The summed E-state index contributed by atoms with van der Waals surface area (Å²) in [7, 11) is 2.49. The first kappa shape index (κ1) is 28.9. The van der Waals surface area contributed by atoms with Crippen molar-refractivity contribution in [3.63, 3.8) is 0 Å². The SMILES string of the molecule is CCCCCCCCCC[N+](C)(CCBr)CCCCCCCCCC.[Cl-]. The van der Waals surface area contributed by atoms with Gasteiger partial charge in [-0.25, -0.2) is 0 Å². The number of rotatable bonds is 20. The van der Waals surface area contributed by atoms with Crippen molar-refractivity contribution in [2.24, 2.45) is 0 Å². The number of quaternary nitrogens is 1. The maximum Gasteiger partial charge on any atom is 0.0883 e. The van der Waals surface area contributed by atoms with E-state index in [1.165, 1.54) is 127 Å². The summed E-state index contributed by atoms with van der Waals surface area (Å²) in [6.45, 7) is 8.67. The van der Waals surface area contributed by atoms with E-state index in [0.29, 0.717) is 0 Å². The first-order chi connectivity index (χ1) is 12.2. The van der Waals surface area contributed by atoms with Crippen molar-refractivity contribution in [3.05, 3.63) is 0 Å². The molecular weight excluding hydrogens is 406 g/mol. The topological polar surface area (TPSA) is 0 Å². The quantitative estimate of drug-likeness (QED) is 0.136. The lowest BCUT2D eigenvalue weighted by Crippen LogP contribution is -3.00. The Balaban J connectivity index is 0. The Bertz CT molecular complexity index is 241. The van der Waals surface area contributed by atoms with Crippen molar-refractivity contribution in [1.29, 1.82) is 0 Å². The van der Waals surface area contributed by atoms with Crippen LogP contribution in [0.1, 0.15) is 117 Å². The van der Waals surface area contributed by atoms with Gasteiger partial charge in [-0.15, -0.1) is 0 Å². The van der Waals surface area contributed by atoms with Crippen molar-refractivity contribution in [1.82, 2.24) is 0 Å². The third kappa shape index (κ3) is 19.5. The summed E-state index contributed by atoms with van der Waals surface area (Å²) < 4.78 is 1.29. The van der Waals surface area contributed by atoms with Crippen molar-refractivity contribution in [2.45, 2.75) is 117 Å². The van der Waals surface area contributed by atoms with Gasteiger partial charge in [0.25, 0.3) is 0 Å². The zero-order chi connectivity index (χ0) is 18.6. The highest BCUT2D eigenvalue weighted by Crippen LogP contribution is 2.15. The third-order valence-electron chi connectivity index (χ3n) is 5.73. The minimum atomic E-state index is 0. The highest BCUT2D eigenvalue weighted by molar-refractivity contribution is 9.09. The summed E-state index contributed by atoms with van der Waals surface area (Å²) in [6.07, 6.45) is 23.0. The number of hydrogen-bond donors (Lipinski definition) is 0. The van der Waals surface area contributed by atoms with E-state index in [4.69, 9.17) is 0 Å². The lowest BCUT2D eigenvalue weighted by Gasteiger charge is -2.34. The summed E-state index contributed by atoms with van der Waals surface area (Å²) in [4.78, 5) is 0. The van der Waals surface area contributed by atoms with E-state index in [1.54, 1.807) is 0 Å². The van der Waals surface area contributed by atoms with Crippen LogP contribution in [0.4, 0.5) is 0 Å². The lowest BCUT2D eigenvalue weighted by atomic mass is 10.1. The monoisotopic (exact) mass is 453 g/mol. The maximum atomic E-state index is 3.69. The highest BCUT2D eigenvalue weighted by atomic mass is 79.9. The molecule has 0 atom stereocenters. The smallest absolute Gasteiger partial charge is 0.0883 e. The summed E-state index contributed by atoms with van der Waals surface area (Å²) in [5, 5.41) is 1.15. The van der Waals surface area contributed by atoms with Crippen LogP contribution in [0.2, 0.25) is 0 Å². The average molecular weight is 455 g/mol. The van der Waals surface area contributed by atoms with E-state index in [2.05, 4.69) is 36.8 Å². The Hall–Kier alpha value is 0.730. The zero-order valence-corrected chi connectivity index (χ0v) is 20.7. The highest BCUT2D eigenvalue weighted by Gasteiger charge is 2.19. The number of alkyl halides is 1. The normalized spacial score (nSPS) is 11.5. The average Bonchev–Trinajstić information content (AvgIpc) is 2.60. The summed E-state index contributed by atoms with van der Waals surface area (Å²) >= 11 is 3.69. The lowest BCUT2D eigenvalue weighted by molar-refractivity contribution is -0.907. The molecule has 0 heterocycles. The Kier molecular flexibility index (Phi) is 24.5. The molecule has 26 heavy (non-hydrogen) atoms. The molecule has 160 valence electrons. The van der Waals surface area contributed by atoms with Gasteiger partial charge >= 0.3 is 0 Å². The molecule has 0 saturated carbocycles. The number of unbranched alkanes of at least 4 members (excludes halogenated alkanes) is 14. The van der Waals surface area contributed by atoms with Crippen LogP contribution in [0, 0.1) is 0 Å². The molecule has 0 aliphatic rings. The largest absolute Gasteiger partial charge is 1.00 e. The van der Waals surface area contributed by atoms with Gasteiger partial charge in [-0.2, -0.15) is 0 Å². The van der Waals surface area contributed by atoms with Gasteiger partial charge in [-0.3, -0.25) is 0 Å². The number of hydrogen-bond acceptors (Lipinski definition) is 0. The van der Waals surface area contributed by atoms with Crippen LogP contribution in [0.15, 0.2) is 0 Å². The maximum absolute atomic E-state index is 3.69. The van der Waals surface area contributed by atoms with Crippen LogP contribution in [0.3, 0.4) is 0 Å². The molecule has 3 heteroatoms. The Morgan fingerprint density at radius 2 is 0.808 bits per heavy atom. The molecule has 0 aliphatic heterocycles. The Morgan fingerprint density at radius 3 is 1.12 bits per heavy atom. The van der Waals surface area contributed by atoms with Gasteiger partial charge in [-0.1, -0.05) is 107 Å². The number of halogens is 2. The van der Waals surface area contributed by atoms with E-state index in [9.17, 15) is 0 Å². The molecule has 0 aromatic carbocycles. The van der Waals surface area contributed by atoms with E-state index in [1.807, 2.05) is 0 Å². The van der Waals surface area contributed by atoms with Crippen LogP contribution in [0.5, 0.6) is 0 Å². The van der Waals surface area contributed by atoms with Gasteiger partial charge in [0.1, 0.15) is 0 Å². The zero-order valence-electron chi connectivity index (χ0n) is 18.3. The summed E-state index contributed by atoms with van der Waals surface area (Å²) in [5.41, 5.74) is 0. The van der Waals surface area contributed by atoms with Crippen molar-refractivity contribution < 1.29 is 16.9 Å². The third-order valence-corrected chi connectivity index (χ3v) is 6.08. The number of nitrogens with zero attached hydrogens (tertiary/aromatic N) is 1. The molecule has 0 N–H and O–H groups in total. The fourth-order valence-electron chi connectivity index (χ4n) is 3.79. The van der Waals surface area contributed by atoms with E-state index in [-0.39, 0.29) is 12.4 Å². The molecule has 0 bridgehead atoms. The predicted molar refractivity (Wildman–Crippen MR) is 120 cm³/mol. The first-order valence-electron chi connectivity index (χ1n) is 11.6. The predicted octanol–water partition coefficient (Wildman–Crippen LogP) is 5.11. The molecule has 0 amide bonds. The van der Waals surface area contributed by atoms with Crippen LogP contribution in [-0.4, -0.2) is 36.5 Å². The molecule has 0 rings (SSSR count). The van der Waals surface area contributed by atoms with Gasteiger partial charge in [0, 0.05) is 0 Å². The van der Waals surface area contributed by atoms with Gasteiger partial charge in [0.2, 0.25) is 0 Å². The van der Waals surface area contributed by atoms with E-state index >= 15 is 0 Å². The molecule has 0 fully saturated rings. The molecule has 0 unspecified atom stereocenters. The fraction of sp³-hybridized carbons (Fsp3) is 1.00. The van der Waals surface area contributed by atoms with Crippen molar-refractivity contribution in [3.8, 4) is 0 Å². The molecule has 0 spiro atoms. The molecule has 0 saturated heterocycles. The van der Waals surface area contributed by atoms with Crippen molar-refractivity contribution in [2.75, 3.05) is 32.0 Å². The Labute approximate surface area is 181 Å². The van der Waals surface area contributed by atoms with Crippen molar-refractivity contribution >= 4 is 15.9 Å². The molecule has 0 aromatic rings. The second kappa shape index (κ2) is 22.0. The van der Waals surface area contributed by atoms with Gasteiger partial charge in [-0.05, 0) is 25.7 Å². The Morgan fingerprint density at radius 1 is 0.500 bits per heavy atom. The summed E-state index contributed by atoms with van der Waals surface area (Å²) in [5.74, 6) is 0. The second-order valence-electron chi connectivity index (χ2n) is 8.43. The minimum Gasteiger partial charge on any atom is -1.00 e. The van der Waals surface area contributed by atoms with Crippen LogP contribution >= 0.6 is 15.9 Å². The summed E-state index contributed by atoms with van der Waals surface area (Å²) in [6, 6.07) is 0. The molecule has 0 aliphatic carbocycles. The van der Waals surface area contributed by atoms with Gasteiger partial charge < -0.3 is 16.9 Å². The molecule has 1 nitrogen and oxygen atoms in total. The van der Waals surface area contributed by atoms with E-state index < -0.39 is 0 Å².